The van der Waals surface area contributed by atoms with Crippen LogP contribution in [0.15, 0.2) is 22.7 Å². The van der Waals surface area contributed by atoms with Gasteiger partial charge in [-0.3, -0.25) is 0 Å². The molecule has 4 heteroatoms. The number of thioether (sulfide) groups is 1. The van der Waals surface area contributed by atoms with Crippen molar-refractivity contribution in [1.29, 1.82) is 0 Å². The Labute approximate surface area is 129 Å². The lowest BCUT2D eigenvalue weighted by Gasteiger charge is -2.19. The van der Waals surface area contributed by atoms with E-state index in [9.17, 15) is 0 Å². The van der Waals surface area contributed by atoms with Gasteiger partial charge in [0.2, 0.25) is 0 Å². The van der Waals surface area contributed by atoms with Crippen molar-refractivity contribution in [2.24, 2.45) is 0 Å². The van der Waals surface area contributed by atoms with E-state index >= 15 is 0 Å². The van der Waals surface area contributed by atoms with Gasteiger partial charge in [0.15, 0.2) is 0 Å². The molecule has 1 unspecified atom stereocenters. The number of nitrogens with one attached hydrogen (secondary N) is 1. The molecule has 0 radical (unpaired) electrons. The maximum absolute atomic E-state index is 5.26. The van der Waals surface area contributed by atoms with Gasteiger partial charge >= 0.3 is 0 Å². The number of hydrogen-bond acceptors (Lipinski definition) is 3. The zero-order valence-electron chi connectivity index (χ0n) is 12.2. The van der Waals surface area contributed by atoms with Crippen molar-refractivity contribution in [3.8, 4) is 5.75 Å². The minimum atomic E-state index is 0.526. The van der Waals surface area contributed by atoms with Gasteiger partial charge in [-0.05, 0) is 51.8 Å². The Morgan fingerprint density at radius 3 is 2.63 bits per heavy atom. The van der Waals surface area contributed by atoms with E-state index in [-0.39, 0.29) is 0 Å². The first-order valence-corrected chi connectivity index (χ1v) is 8.58. The van der Waals surface area contributed by atoms with Gasteiger partial charge in [0, 0.05) is 11.8 Å². The van der Waals surface area contributed by atoms with Crippen molar-refractivity contribution in [1.82, 2.24) is 5.32 Å². The van der Waals surface area contributed by atoms with E-state index in [1.54, 1.807) is 7.11 Å². The minimum Gasteiger partial charge on any atom is -0.496 e. The summed E-state index contributed by atoms with van der Waals surface area (Å²) in [7, 11) is 1.69. The third-order valence-corrected chi connectivity index (χ3v) is 4.70. The van der Waals surface area contributed by atoms with E-state index in [1.165, 1.54) is 5.56 Å². The molecule has 0 bridgehead atoms. The van der Waals surface area contributed by atoms with Crippen molar-refractivity contribution in [2.45, 2.75) is 38.5 Å². The van der Waals surface area contributed by atoms with E-state index in [4.69, 9.17) is 4.74 Å². The molecule has 0 fully saturated rings. The molecule has 0 heterocycles. The van der Waals surface area contributed by atoms with Gasteiger partial charge < -0.3 is 10.1 Å². The molecule has 0 amide bonds. The summed E-state index contributed by atoms with van der Waals surface area (Å²) >= 11 is 5.56. The van der Waals surface area contributed by atoms with Crippen LogP contribution in [-0.4, -0.2) is 30.7 Å². The van der Waals surface area contributed by atoms with E-state index in [0.717, 1.165) is 28.9 Å². The lowest BCUT2D eigenvalue weighted by atomic mass is 10.1. The Hall–Kier alpha value is -0.190. The average molecular weight is 346 g/mol. The second kappa shape index (κ2) is 8.88. The van der Waals surface area contributed by atoms with Gasteiger partial charge in [0.1, 0.15) is 5.75 Å². The summed E-state index contributed by atoms with van der Waals surface area (Å²) in [5, 5.41) is 4.25. The van der Waals surface area contributed by atoms with Crippen LogP contribution in [0.2, 0.25) is 0 Å². The number of ether oxygens (including phenoxy) is 1. The first-order chi connectivity index (χ1) is 9.06. The number of hydrogen-bond donors (Lipinski definition) is 1. The van der Waals surface area contributed by atoms with Gasteiger partial charge in [-0.1, -0.05) is 26.8 Å². The summed E-state index contributed by atoms with van der Waals surface area (Å²) in [5.74, 6) is 2.04. The summed E-state index contributed by atoms with van der Waals surface area (Å²) in [4.78, 5) is 0. The molecule has 1 N–H and O–H groups in total. The van der Waals surface area contributed by atoms with Crippen LogP contribution in [0.25, 0.3) is 0 Å². The molecule has 108 valence electrons. The predicted molar refractivity (Wildman–Crippen MR) is 89.5 cm³/mol. The predicted octanol–water partition coefficient (Wildman–Crippen LogP) is 4.12. The molecule has 19 heavy (non-hydrogen) atoms. The van der Waals surface area contributed by atoms with Crippen LogP contribution in [0.3, 0.4) is 0 Å². The second-order valence-corrected chi connectivity index (χ2v) is 7.27. The standard InChI is InChI=1S/C15H24BrNOS/c1-5-17-13(10-19-11(2)3)8-12-6-7-15(18-4)14(16)9-12/h6-7,9,11,13,17H,5,8,10H2,1-4H3. The Morgan fingerprint density at radius 1 is 1.37 bits per heavy atom. The topological polar surface area (TPSA) is 21.3 Å². The third kappa shape index (κ3) is 6.19. The van der Waals surface area contributed by atoms with Crippen molar-refractivity contribution in [3.63, 3.8) is 0 Å². The van der Waals surface area contributed by atoms with Gasteiger partial charge in [-0.25, -0.2) is 0 Å². The van der Waals surface area contributed by atoms with E-state index < -0.39 is 0 Å². The number of halogens is 1. The molecule has 1 atom stereocenters. The van der Waals surface area contributed by atoms with Crippen LogP contribution in [0.5, 0.6) is 5.75 Å². The third-order valence-electron chi connectivity index (χ3n) is 2.82. The zero-order chi connectivity index (χ0) is 14.3. The Morgan fingerprint density at radius 2 is 2.11 bits per heavy atom. The molecule has 0 saturated heterocycles. The molecular weight excluding hydrogens is 322 g/mol. The fraction of sp³-hybridized carbons (Fsp3) is 0.600. The molecule has 1 aromatic rings. The molecule has 0 spiro atoms. The summed E-state index contributed by atoms with van der Waals surface area (Å²) in [6, 6.07) is 6.85. The Kier molecular flexibility index (Phi) is 7.88. The maximum atomic E-state index is 5.26. The first-order valence-electron chi connectivity index (χ1n) is 6.74. The Bertz CT molecular complexity index is 384. The fourth-order valence-corrected chi connectivity index (χ4v) is 3.35. The van der Waals surface area contributed by atoms with Crippen LogP contribution in [-0.2, 0) is 6.42 Å². The summed E-state index contributed by atoms with van der Waals surface area (Å²) in [6.07, 6.45) is 1.05. The molecule has 0 saturated carbocycles. The summed E-state index contributed by atoms with van der Waals surface area (Å²) < 4.78 is 6.29. The Balaban J connectivity index is 2.64. The monoisotopic (exact) mass is 345 g/mol. The number of likely N-dealkylation sites (N-methyl/N-ethyl adjacent to an activating group) is 1. The van der Waals surface area contributed by atoms with Crippen molar-refractivity contribution >= 4 is 27.7 Å². The normalized spacial score (nSPS) is 12.7. The quantitative estimate of drug-likeness (QED) is 0.765. The van der Waals surface area contributed by atoms with Crippen molar-refractivity contribution < 1.29 is 4.74 Å². The van der Waals surface area contributed by atoms with Crippen LogP contribution in [0.1, 0.15) is 26.3 Å². The first kappa shape index (κ1) is 16.9. The highest BCUT2D eigenvalue weighted by Crippen LogP contribution is 2.26. The van der Waals surface area contributed by atoms with E-state index in [0.29, 0.717) is 11.3 Å². The van der Waals surface area contributed by atoms with Gasteiger partial charge in [-0.15, -0.1) is 0 Å². The molecule has 2 nitrogen and oxygen atoms in total. The SMILES string of the molecule is CCNC(CSC(C)C)Cc1ccc(OC)c(Br)c1. The number of rotatable bonds is 8. The van der Waals surface area contributed by atoms with Gasteiger partial charge in [0.05, 0.1) is 11.6 Å². The molecule has 1 aromatic carbocycles. The maximum Gasteiger partial charge on any atom is 0.133 e. The van der Waals surface area contributed by atoms with Crippen LogP contribution in [0, 0.1) is 0 Å². The van der Waals surface area contributed by atoms with Crippen LogP contribution >= 0.6 is 27.7 Å². The minimum absolute atomic E-state index is 0.526. The zero-order valence-corrected chi connectivity index (χ0v) is 14.6. The summed E-state index contributed by atoms with van der Waals surface area (Å²) in [5.41, 5.74) is 1.34. The molecule has 0 aromatic heterocycles. The fourth-order valence-electron chi connectivity index (χ4n) is 1.91. The van der Waals surface area contributed by atoms with Crippen LogP contribution in [0.4, 0.5) is 0 Å². The number of methoxy groups -OCH3 is 1. The smallest absolute Gasteiger partial charge is 0.133 e. The molecule has 1 rings (SSSR count). The highest BCUT2D eigenvalue weighted by atomic mass is 79.9. The second-order valence-electron chi connectivity index (χ2n) is 4.81. The van der Waals surface area contributed by atoms with Crippen molar-refractivity contribution in [3.05, 3.63) is 28.2 Å². The highest BCUT2D eigenvalue weighted by Gasteiger charge is 2.11. The van der Waals surface area contributed by atoms with E-state index in [1.807, 2.05) is 17.8 Å². The molecule has 0 aliphatic heterocycles. The lowest BCUT2D eigenvalue weighted by Crippen LogP contribution is -2.33. The van der Waals surface area contributed by atoms with E-state index in [2.05, 4.69) is 54.2 Å². The summed E-state index contributed by atoms with van der Waals surface area (Å²) in [6.45, 7) is 7.67. The van der Waals surface area contributed by atoms with Crippen molar-refractivity contribution in [2.75, 3.05) is 19.4 Å². The highest BCUT2D eigenvalue weighted by molar-refractivity contribution is 9.10. The van der Waals surface area contributed by atoms with Gasteiger partial charge in [-0.2, -0.15) is 11.8 Å². The lowest BCUT2D eigenvalue weighted by molar-refractivity contribution is 0.412. The number of benzene rings is 1. The van der Waals surface area contributed by atoms with Crippen LogP contribution < -0.4 is 10.1 Å². The molecule has 0 aliphatic carbocycles. The van der Waals surface area contributed by atoms with Gasteiger partial charge in [0.25, 0.3) is 0 Å². The molecule has 0 aliphatic rings. The average Bonchev–Trinajstić information content (AvgIpc) is 2.36. The molecular formula is C15H24BrNOS. The largest absolute Gasteiger partial charge is 0.496 e.